The second-order valence-corrected chi connectivity index (χ2v) is 6.36. The van der Waals surface area contributed by atoms with Gasteiger partial charge in [0.25, 0.3) is 0 Å². The number of halogens is 1. The van der Waals surface area contributed by atoms with E-state index in [0.717, 1.165) is 9.35 Å². The molecule has 1 N–H and O–H groups in total. The van der Waals surface area contributed by atoms with Gasteiger partial charge in [0.15, 0.2) is 0 Å². The maximum absolute atomic E-state index is 10.3. The Bertz CT molecular complexity index is 519. The molecule has 1 aromatic heterocycles. The summed E-state index contributed by atoms with van der Waals surface area (Å²) in [6.45, 7) is 4.14. The number of hydrogen-bond acceptors (Lipinski definition) is 2. The Morgan fingerprint density at radius 1 is 1.29 bits per heavy atom. The largest absolute Gasteiger partial charge is 0.387 e. The molecule has 0 aliphatic heterocycles. The predicted molar refractivity (Wildman–Crippen MR) is 76.6 cm³/mol. The molecule has 0 bridgehead atoms. The second kappa shape index (κ2) is 5.34. The summed E-state index contributed by atoms with van der Waals surface area (Å²) >= 11 is 5.15. The Labute approximate surface area is 114 Å². The Morgan fingerprint density at radius 2 is 2.00 bits per heavy atom. The molecular weight excluding hydrogens is 296 g/mol. The summed E-state index contributed by atoms with van der Waals surface area (Å²) in [6, 6.07) is 10.3. The van der Waals surface area contributed by atoms with Crippen molar-refractivity contribution >= 4 is 27.3 Å². The number of hydrogen-bond donors (Lipinski definition) is 1. The molecule has 0 fully saturated rings. The Balaban J connectivity index is 2.20. The molecule has 0 aliphatic rings. The second-order valence-electron chi connectivity index (χ2n) is 4.22. The van der Waals surface area contributed by atoms with Crippen molar-refractivity contribution in [3.8, 4) is 0 Å². The van der Waals surface area contributed by atoms with Gasteiger partial charge in [-0.25, -0.2) is 0 Å². The van der Waals surface area contributed by atoms with E-state index < -0.39 is 6.10 Å². The lowest BCUT2D eigenvalue weighted by Crippen LogP contribution is -2.01. The molecule has 2 rings (SSSR count). The first-order valence-corrected chi connectivity index (χ1v) is 7.17. The fourth-order valence-corrected chi connectivity index (χ4v) is 3.77. The minimum Gasteiger partial charge on any atom is -0.387 e. The van der Waals surface area contributed by atoms with E-state index in [1.54, 1.807) is 11.3 Å². The molecule has 0 aliphatic carbocycles. The zero-order chi connectivity index (χ0) is 12.4. The van der Waals surface area contributed by atoms with E-state index in [9.17, 15) is 5.11 Å². The highest BCUT2D eigenvalue weighted by atomic mass is 79.9. The van der Waals surface area contributed by atoms with Crippen LogP contribution in [0.5, 0.6) is 0 Å². The van der Waals surface area contributed by atoms with Gasteiger partial charge in [0, 0.05) is 20.6 Å². The van der Waals surface area contributed by atoms with Gasteiger partial charge in [-0.05, 0) is 47.0 Å². The highest BCUT2D eigenvalue weighted by Gasteiger charge is 2.15. The third-order valence-corrected chi connectivity index (χ3v) is 4.88. The van der Waals surface area contributed by atoms with Crippen molar-refractivity contribution in [1.29, 1.82) is 0 Å². The number of rotatable bonds is 3. The molecule has 1 unspecified atom stereocenters. The Morgan fingerprint density at radius 3 is 2.59 bits per heavy atom. The summed E-state index contributed by atoms with van der Waals surface area (Å²) in [5.74, 6) is 0. The average Bonchev–Trinajstić information content (AvgIpc) is 2.61. The van der Waals surface area contributed by atoms with Crippen molar-refractivity contribution in [3.63, 3.8) is 0 Å². The average molecular weight is 311 g/mol. The van der Waals surface area contributed by atoms with Crippen LogP contribution in [-0.2, 0) is 6.42 Å². The number of aliphatic hydroxyl groups is 1. The molecule has 1 atom stereocenters. The molecule has 90 valence electrons. The summed E-state index contributed by atoms with van der Waals surface area (Å²) in [4.78, 5) is 2.24. The molecule has 0 saturated heterocycles. The van der Waals surface area contributed by atoms with Crippen LogP contribution >= 0.6 is 27.3 Å². The lowest BCUT2D eigenvalue weighted by Gasteiger charge is -2.11. The minimum atomic E-state index is -0.427. The number of thiophene rings is 1. The molecule has 1 heterocycles. The number of aliphatic hydroxyl groups excluding tert-OH is 1. The van der Waals surface area contributed by atoms with E-state index in [1.165, 1.54) is 16.0 Å². The molecule has 1 nitrogen and oxygen atoms in total. The molecule has 0 amide bonds. The summed E-state index contributed by atoms with van der Waals surface area (Å²) in [6.07, 6.45) is 0.245. The van der Waals surface area contributed by atoms with Gasteiger partial charge >= 0.3 is 0 Å². The fraction of sp³-hybridized carbons (Fsp3) is 0.286. The van der Waals surface area contributed by atoms with Gasteiger partial charge in [-0.15, -0.1) is 11.3 Å². The normalized spacial score (nSPS) is 12.7. The van der Waals surface area contributed by atoms with Gasteiger partial charge in [0.05, 0.1) is 6.10 Å². The summed E-state index contributed by atoms with van der Waals surface area (Å²) in [5, 5.41) is 10.3. The third kappa shape index (κ3) is 2.97. The zero-order valence-electron chi connectivity index (χ0n) is 9.90. The van der Waals surface area contributed by atoms with Crippen LogP contribution in [-0.4, -0.2) is 5.11 Å². The highest BCUT2D eigenvalue weighted by molar-refractivity contribution is 9.10. The topological polar surface area (TPSA) is 20.2 Å². The van der Waals surface area contributed by atoms with Crippen LogP contribution in [0.3, 0.4) is 0 Å². The molecule has 3 heteroatoms. The van der Waals surface area contributed by atoms with Crippen molar-refractivity contribution in [1.82, 2.24) is 0 Å². The van der Waals surface area contributed by atoms with Crippen LogP contribution in [0.15, 0.2) is 34.8 Å². The van der Waals surface area contributed by atoms with Gasteiger partial charge in [-0.3, -0.25) is 0 Å². The van der Waals surface area contributed by atoms with Crippen molar-refractivity contribution in [2.75, 3.05) is 0 Å². The molecule has 0 saturated carbocycles. The van der Waals surface area contributed by atoms with E-state index in [1.807, 2.05) is 12.1 Å². The standard InChI is InChI=1S/C14H15BrOS/c1-9-5-3-4-6-11(9)8-13(16)14-12(15)7-10(2)17-14/h3-7,13,16H,8H2,1-2H3. The van der Waals surface area contributed by atoms with Crippen LogP contribution in [0.25, 0.3) is 0 Å². The summed E-state index contributed by atoms with van der Waals surface area (Å²) in [7, 11) is 0. The number of aryl methyl sites for hydroxylation is 2. The van der Waals surface area contributed by atoms with Gasteiger partial charge in [0.2, 0.25) is 0 Å². The molecule has 17 heavy (non-hydrogen) atoms. The first kappa shape index (κ1) is 12.8. The van der Waals surface area contributed by atoms with Crippen LogP contribution in [0.1, 0.15) is 27.0 Å². The van der Waals surface area contributed by atoms with E-state index in [0.29, 0.717) is 6.42 Å². The molecule has 2 aromatic rings. The van der Waals surface area contributed by atoms with E-state index in [2.05, 4.69) is 48.0 Å². The summed E-state index contributed by atoms with van der Waals surface area (Å²) in [5.41, 5.74) is 2.44. The first-order chi connectivity index (χ1) is 8.08. The third-order valence-electron chi connectivity index (χ3n) is 2.81. The van der Waals surface area contributed by atoms with Crippen LogP contribution < -0.4 is 0 Å². The quantitative estimate of drug-likeness (QED) is 0.890. The van der Waals surface area contributed by atoms with Crippen LogP contribution in [0.2, 0.25) is 0 Å². The van der Waals surface area contributed by atoms with E-state index in [-0.39, 0.29) is 0 Å². The van der Waals surface area contributed by atoms with E-state index >= 15 is 0 Å². The predicted octanol–water partition coefficient (Wildman–Crippen LogP) is 4.40. The smallest absolute Gasteiger partial charge is 0.0933 e. The Hall–Kier alpha value is -0.640. The maximum atomic E-state index is 10.3. The molecule has 0 spiro atoms. The lowest BCUT2D eigenvalue weighted by atomic mass is 10.0. The van der Waals surface area contributed by atoms with Crippen LogP contribution in [0, 0.1) is 13.8 Å². The SMILES string of the molecule is Cc1cc(Br)c(C(O)Cc2ccccc2C)s1. The lowest BCUT2D eigenvalue weighted by molar-refractivity contribution is 0.181. The van der Waals surface area contributed by atoms with Gasteiger partial charge in [-0.2, -0.15) is 0 Å². The van der Waals surface area contributed by atoms with Gasteiger partial charge in [0.1, 0.15) is 0 Å². The maximum Gasteiger partial charge on any atom is 0.0933 e. The highest BCUT2D eigenvalue weighted by Crippen LogP contribution is 2.34. The van der Waals surface area contributed by atoms with Crippen molar-refractivity contribution in [2.24, 2.45) is 0 Å². The molecule has 1 aromatic carbocycles. The van der Waals surface area contributed by atoms with Crippen molar-refractivity contribution in [2.45, 2.75) is 26.4 Å². The molecule has 0 radical (unpaired) electrons. The first-order valence-electron chi connectivity index (χ1n) is 5.56. The van der Waals surface area contributed by atoms with Gasteiger partial charge < -0.3 is 5.11 Å². The number of benzene rings is 1. The minimum absolute atomic E-state index is 0.427. The van der Waals surface area contributed by atoms with Crippen molar-refractivity contribution in [3.05, 3.63) is 55.7 Å². The zero-order valence-corrected chi connectivity index (χ0v) is 12.3. The Kier molecular flexibility index (Phi) is 4.02. The van der Waals surface area contributed by atoms with Crippen LogP contribution in [0.4, 0.5) is 0 Å². The fourth-order valence-electron chi connectivity index (χ4n) is 1.87. The van der Waals surface area contributed by atoms with E-state index in [4.69, 9.17) is 0 Å². The van der Waals surface area contributed by atoms with Gasteiger partial charge in [-0.1, -0.05) is 24.3 Å². The van der Waals surface area contributed by atoms with Crippen molar-refractivity contribution < 1.29 is 5.11 Å². The summed E-state index contributed by atoms with van der Waals surface area (Å²) < 4.78 is 1.01. The molecular formula is C14H15BrOS. The monoisotopic (exact) mass is 310 g/mol.